The van der Waals surface area contributed by atoms with E-state index >= 15 is 0 Å². The Morgan fingerprint density at radius 3 is 0.643 bits per heavy atom. The van der Waals surface area contributed by atoms with Gasteiger partial charge >= 0.3 is 8.60 Å². The van der Waals surface area contributed by atoms with E-state index in [0.717, 1.165) is 12.8 Å². The van der Waals surface area contributed by atoms with Gasteiger partial charge in [-0.3, -0.25) is 0 Å². The lowest BCUT2D eigenvalue weighted by Gasteiger charge is -2.10. The van der Waals surface area contributed by atoms with Crippen LogP contribution in [0.4, 0.5) is 0 Å². The van der Waals surface area contributed by atoms with E-state index in [9.17, 15) is 4.89 Å². The van der Waals surface area contributed by atoms with Gasteiger partial charge in [-0.25, -0.2) is 0 Å². The number of hydrogen-bond acceptors (Lipinski definition) is 3. The maximum atomic E-state index is 9.94. The van der Waals surface area contributed by atoms with E-state index in [1.54, 1.807) is 0 Å². The first kappa shape index (κ1) is 42.3. The molecule has 0 aliphatic rings. The summed E-state index contributed by atoms with van der Waals surface area (Å²) in [5.74, 6) is 0. The van der Waals surface area contributed by atoms with Crippen LogP contribution in [0, 0.1) is 0 Å². The summed E-state index contributed by atoms with van der Waals surface area (Å²) in [6.07, 6.45) is 46.9. The molecule has 0 rings (SSSR count). The number of hydrogen-bond donors (Lipinski definition) is 1. The van der Waals surface area contributed by atoms with Crippen molar-refractivity contribution in [2.75, 3.05) is 13.2 Å². The molecule has 0 saturated carbocycles. The average molecular weight is 615 g/mol. The van der Waals surface area contributed by atoms with Gasteiger partial charge < -0.3 is 13.9 Å². The average Bonchev–Trinajstić information content (AvgIpc) is 3.00. The summed E-state index contributed by atoms with van der Waals surface area (Å²) in [7, 11) is -1.67. The summed E-state index contributed by atoms with van der Waals surface area (Å²) < 4.78 is 11.0. The summed E-state index contributed by atoms with van der Waals surface area (Å²) in [5, 5.41) is 0. The normalized spacial score (nSPS) is 11.7. The topological polar surface area (TPSA) is 38.7 Å². The van der Waals surface area contributed by atoms with Crippen molar-refractivity contribution in [1.29, 1.82) is 0 Å². The molecule has 0 amide bonds. The van der Waals surface area contributed by atoms with Crippen LogP contribution in [0.3, 0.4) is 0 Å². The van der Waals surface area contributed by atoms with Crippen LogP contribution in [-0.4, -0.2) is 18.1 Å². The summed E-state index contributed by atoms with van der Waals surface area (Å²) in [6, 6.07) is 0. The van der Waals surface area contributed by atoms with Gasteiger partial charge in [-0.15, -0.1) is 0 Å². The van der Waals surface area contributed by atoms with Crippen LogP contribution in [0.25, 0.3) is 0 Å². The molecule has 3 nitrogen and oxygen atoms in total. The fourth-order valence-corrected chi connectivity index (χ4v) is 6.62. The third-order valence-electron chi connectivity index (χ3n) is 8.90. The zero-order valence-corrected chi connectivity index (χ0v) is 30.1. The summed E-state index contributed by atoms with van der Waals surface area (Å²) in [6.45, 7) is 5.86. The smallest absolute Gasteiger partial charge is 0.328 e. The second kappa shape index (κ2) is 39.3. The predicted molar refractivity (Wildman–Crippen MR) is 189 cm³/mol. The third kappa shape index (κ3) is 38.3. The molecule has 0 heterocycles. The highest BCUT2D eigenvalue weighted by Crippen LogP contribution is 2.33. The van der Waals surface area contributed by atoms with E-state index in [4.69, 9.17) is 9.05 Å². The lowest BCUT2D eigenvalue weighted by atomic mass is 10.0. The molecule has 254 valence electrons. The van der Waals surface area contributed by atoms with Crippen molar-refractivity contribution in [3.8, 4) is 0 Å². The highest BCUT2D eigenvalue weighted by molar-refractivity contribution is 7.40. The highest BCUT2D eigenvalue weighted by Gasteiger charge is 2.06. The second-order valence-electron chi connectivity index (χ2n) is 13.2. The minimum atomic E-state index is -1.67. The lowest BCUT2D eigenvalue weighted by molar-refractivity contribution is 0.193. The number of rotatable bonds is 38. The van der Waals surface area contributed by atoms with Crippen LogP contribution < -0.4 is 0 Å². The Balaban J connectivity index is 3.13. The molecule has 0 aromatic carbocycles. The highest BCUT2D eigenvalue weighted by atomic mass is 31.2. The minimum Gasteiger partial charge on any atom is -0.328 e. The molecule has 0 aromatic heterocycles. The molecule has 0 bridgehead atoms. The molecule has 0 saturated heterocycles. The Labute approximate surface area is 267 Å². The van der Waals surface area contributed by atoms with Gasteiger partial charge in [0.1, 0.15) is 0 Å². The molecule has 0 aliphatic heterocycles. The fourth-order valence-electron chi connectivity index (χ4n) is 5.98. The Bertz CT molecular complexity index is 422. The first-order valence-corrected chi connectivity index (χ1v) is 20.7. The molecule has 1 N–H and O–H groups in total. The van der Waals surface area contributed by atoms with Gasteiger partial charge in [-0.1, -0.05) is 219 Å². The maximum absolute atomic E-state index is 9.94. The Hall–Kier alpha value is 0.310. The van der Waals surface area contributed by atoms with Gasteiger partial charge in [-0.05, 0) is 12.8 Å². The molecule has 0 fully saturated rings. The van der Waals surface area contributed by atoms with Crippen LogP contribution >= 0.6 is 8.60 Å². The zero-order chi connectivity index (χ0) is 30.4. The monoisotopic (exact) mass is 615 g/mol. The van der Waals surface area contributed by atoms with Gasteiger partial charge in [0.05, 0.1) is 13.2 Å². The SMILES string of the molecule is CCCCCCCCCCCCCCCCCCCOP(O)OCCCCCCCCCCCCCCCCCCC. The van der Waals surface area contributed by atoms with E-state index in [1.165, 1.54) is 205 Å². The largest absolute Gasteiger partial charge is 0.329 e. The van der Waals surface area contributed by atoms with Crippen LogP contribution in [0.5, 0.6) is 0 Å². The minimum absolute atomic E-state index is 0.639. The van der Waals surface area contributed by atoms with Gasteiger partial charge in [0, 0.05) is 0 Å². The van der Waals surface area contributed by atoms with E-state index in [2.05, 4.69) is 13.8 Å². The number of unbranched alkanes of at least 4 members (excludes halogenated alkanes) is 32. The Morgan fingerprint density at radius 1 is 0.286 bits per heavy atom. The van der Waals surface area contributed by atoms with Gasteiger partial charge in [0.25, 0.3) is 0 Å². The van der Waals surface area contributed by atoms with Crippen molar-refractivity contribution in [2.45, 2.75) is 232 Å². The van der Waals surface area contributed by atoms with E-state index in [-0.39, 0.29) is 0 Å². The summed E-state index contributed by atoms with van der Waals surface area (Å²) in [5.41, 5.74) is 0. The second-order valence-corrected chi connectivity index (χ2v) is 14.2. The first-order valence-electron chi connectivity index (χ1n) is 19.6. The van der Waals surface area contributed by atoms with Crippen LogP contribution in [0.2, 0.25) is 0 Å². The van der Waals surface area contributed by atoms with Crippen molar-refractivity contribution in [3.05, 3.63) is 0 Å². The van der Waals surface area contributed by atoms with E-state index in [0.29, 0.717) is 13.2 Å². The van der Waals surface area contributed by atoms with Gasteiger partial charge in [0.2, 0.25) is 0 Å². The fraction of sp³-hybridized carbons (Fsp3) is 1.00. The molecule has 0 radical (unpaired) electrons. The van der Waals surface area contributed by atoms with Crippen molar-refractivity contribution in [2.24, 2.45) is 0 Å². The third-order valence-corrected chi connectivity index (χ3v) is 9.71. The summed E-state index contributed by atoms with van der Waals surface area (Å²) in [4.78, 5) is 9.94. The Kier molecular flexibility index (Phi) is 39.6. The quantitative estimate of drug-likeness (QED) is 0.0555. The van der Waals surface area contributed by atoms with Crippen molar-refractivity contribution < 1.29 is 13.9 Å². The standard InChI is InChI=1S/C38H79O3P/c1-3-5-7-9-11-13-15-17-19-21-23-25-27-29-31-33-35-37-40-42(39)41-38-36-34-32-30-28-26-24-22-20-18-16-14-12-10-8-6-4-2/h39H,3-38H2,1-2H3. The zero-order valence-electron chi connectivity index (χ0n) is 29.2. The van der Waals surface area contributed by atoms with E-state index in [1.807, 2.05) is 0 Å². The predicted octanol–water partition coefficient (Wildman–Crippen LogP) is 14.5. The molecular weight excluding hydrogens is 535 g/mol. The van der Waals surface area contributed by atoms with Gasteiger partial charge in [-0.2, -0.15) is 0 Å². The van der Waals surface area contributed by atoms with Gasteiger partial charge in [0.15, 0.2) is 0 Å². The van der Waals surface area contributed by atoms with Crippen LogP contribution in [0.1, 0.15) is 232 Å². The lowest BCUT2D eigenvalue weighted by Crippen LogP contribution is -1.95. The van der Waals surface area contributed by atoms with Crippen molar-refractivity contribution in [1.82, 2.24) is 0 Å². The molecule has 0 aliphatic carbocycles. The maximum Gasteiger partial charge on any atom is 0.329 e. The van der Waals surface area contributed by atoms with Crippen LogP contribution in [-0.2, 0) is 9.05 Å². The van der Waals surface area contributed by atoms with Crippen molar-refractivity contribution in [3.63, 3.8) is 0 Å². The molecule has 42 heavy (non-hydrogen) atoms. The Morgan fingerprint density at radius 2 is 0.452 bits per heavy atom. The molecule has 0 unspecified atom stereocenters. The molecular formula is C38H79O3P. The molecule has 4 heteroatoms. The van der Waals surface area contributed by atoms with Crippen LogP contribution in [0.15, 0.2) is 0 Å². The summed E-state index contributed by atoms with van der Waals surface area (Å²) >= 11 is 0. The molecule has 0 aromatic rings. The van der Waals surface area contributed by atoms with E-state index < -0.39 is 8.60 Å². The molecule has 0 atom stereocenters. The molecule has 0 spiro atoms. The first-order chi connectivity index (χ1) is 20.8. The van der Waals surface area contributed by atoms with Crippen molar-refractivity contribution >= 4 is 8.60 Å².